The Hall–Kier alpha value is -2.85. The third kappa shape index (κ3) is 11.0. The summed E-state index contributed by atoms with van der Waals surface area (Å²) in [6.07, 6.45) is 3.47. The van der Waals surface area contributed by atoms with Crippen LogP contribution in [0.15, 0.2) is 24.3 Å². The van der Waals surface area contributed by atoms with Crippen LogP contribution in [0.2, 0.25) is 0 Å². The van der Waals surface area contributed by atoms with Crippen molar-refractivity contribution in [1.29, 1.82) is 0 Å². The van der Waals surface area contributed by atoms with Crippen molar-refractivity contribution >= 4 is 17.9 Å². The Balaban J connectivity index is 1.63. The minimum atomic E-state index is -1.43. The molecule has 37 heavy (non-hydrogen) atoms. The Labute approximate surface area is 220 Å². The number of nitrogens with one attached hydrogen (secondary N) is 3. The van der Waals surface area contributed by atoms with E-state index in [0.717, 1.165) is 31.4 Å². The number of carboxylic acids is 1. The van der Waals surface area contributed by atoms with Crippen LogP contribution >= 0.6 is 0 Å². The number of ether oxygens (including phenoxy) is 2. The van der Waals surface area contributed by atoms with Gasteiger partial charge in [0.05, 0.1) is 25.8 Å². The van der Waals surface area contributed by atoms with Crippen LogP contribution in [0.5, 0.6) is 5.75 Å². The average molecular weight is 521 g/mol. The first-order valence-electron chi connectivity index (χ1n) is 13.1. The Morgan fingerprint density at radius 2 is 1.78 bits per heavy atom. The monoisotopic (exact) mass is 520 g/mol. The van der Waals surface area contributed by atoms with Crippen molar-refractivity contribution in [1.82, 2.24) is 16.0 Å². The first kappa shape index (κ1) is 30.4. The second-order valence-electron chi connectivity index (χ2n) is 10.6. The smallest absolute Gasteiger partial charge is 0.329 e. The van der Waals surface area contributed by atoms with Gasteiger partial charge in [-0.05, 0) is 69.9 Å². The molecule has 2 atom stereocenters. The molecule has 0 spiro atoms. The van der Waals surface area contributed by atoms with Gasteiger partial charge in [0.25, 0.3) is 0 Å². The summed E-state index contributed by atoms with van der Waals surface area (Å²) < 4.78 is 11.5. The number of aryl methyl sites for hydroxylation is 1. The molecule has 0 bridgehead atoms. The van der Waals surface area contributed by atoms with Crippen LogP contribution in [0.3, 0.4) is 0 Å². The van der Waals surface area contributed by atoms with Crippen molar-refractivity contribution in [3.63, 3.8) is 0 Å². The quantitative estimate of drug-likeness (QED) is 0.210. The summed E-state index contributed by atoms with van der Waals surface area (Å²) in [5, 5.41) is 17.5. The van der Waals surface area contributed by atoms with Crippen LogP contribution in [0.4, 0.5) is 4.79 Å². The van der Waals surface area contributed by atoms with Crippen LogP contribution < -0.4 is 26.4 Å². The summed E-state index contributed by atoms with van der Waals surface area (Å²) in [5.41, 5.74) is 5.55. The number of unbranched alkanes of at least 4 members (excludes halogenated alkanes) is 1. The van der Waals surface area contributed by atoms with Gasteiger partial charge in [-0.2, -0.15) is 0 Å². The minimum absolute atomic E-state index is 0.0940. The molecule has 10 nitrogen and oxygen atoms in total. The lowest BCUT2D eigenvalue weighted by molar-refractivity contribution is -0.144. The summed E-state index contributed by atoms with van der Waals surface area (Å²) in [6, 6.07) is 7.12. The largest absolute Gasteiger partial charge is 0.494 e. The second kappa shape index (κ2) is 14.8. The van der Waals surface area contributed by atoms with Gasteiger partial charge in [-0.1, -0.05) is 31.5 Å². The molecule has 10 heteroatoms. The van der Waals surface area contributed by atoms with E-state index in [0.29, 0.717) is 26.2 Å². The lowest BCUT2D eigenvalue weighted by atomic mass is 9.73. The summed E-state index contributed by atoms with van der Waals surface area (Å²) in [4.78, 5) is 36.5. The highest BCUT2D eigenvalue weighted by Gasteiger charge is 2.40. The second-order valence-corrected chi connectivity index (χ2v) is 10.6. The molecule has 1 saturated carbocycles. The van der Waals surface area contributed by atoms with E-state index in [1.165, 1.54) is 12.5 Å². The highest BCUT2D eigenvalue weighted by molar-refractivity contribution is 5.88. The molecule has 0 heterocycles. The first-order valence-corrected chi connectivity index (χ1v) is 13.1. The molecule has 1 aromatic carbocycles. The van der Waals surface area contributed by atoms with Crippen LogP contribution in [0.1, 0.15) is 58.4 Å². The average Bonchev–Trinajstić information content (AvgIpc) is 2.81. The molecule has 1 aromatic rings. The number of nitrogens with two attached hydrogens (primary N) is 1. The maximum atomic E-state index is 12.4. The minimum Gasteiger partial charge on any atom is -0.494 e. The van der Waals surface area contributed by atoms with Gasteiger partial charge in [0, 0.05) is 12.6 Å². The normalized spacial score (nSPS) is 19.3. The third-order valence-electron chi connectivity index (χ3n) is 6.66. The number of carbonyl (C=O) groups excluding carboxylic acids is 2. The predicted molar refractivity (Wildman–Crippen MR) is 141 cm³/mol. The zero-order chi connectivity index (χ0) is 27.4. The lowest BCUT2D eigenvalue weighted by Gasteiger charge is -2.38. The van der Waals surface area contributed by atoms with Gasteiger partial charge >= 0.3 is 12.0 Å². The molecule has 0 aromatic heterocycles. The lowest BCUT2D eigenvalue weighted by Crippen LogP contribution is -2.58. The molecule has 0 saturated heterocycles. The van der Waals surface area contributed by atoms with Crippen LogP contribution in [0, 0.1) is 18.8 Å². The van der Waals surface area contributed by atoms with Gasteiger partial charge in [-0.25, -0.2) is 9.59 Å². The molecule has 3 amide bonds. The molecular formula is C27H44N4O6. The Bertz CT molecular complexity index is 872. The summed E-state index contributed by atoms with van der Waals surface area (Å²) in [7, 11) is 0. The first-order chi connectivity index (χ1) is 17.5. The van der Waals surface area contributed by atoms with Crippen molar-refractivity contribution < 1.29 is 29.0 Å². The van der Waals surface area contributed by atoms with E-state index in [-0.39, 0.29) is 36.4 Å². The summed E-state index contributed by atoms with van der Waals surface area (Å²) in [6.45, 7) is 8.72. The van der Waals surface area contributed by atoms with Crippen LogP contribution in [0.25, 0.3) is 0 Å². The number of hydrogen-bond acceptors (Lipinski definition) is 6. The van der Waals surface area contributed by atoms with Gasteiger partial charge in [-0.15, -0.1) is 0 Å². The molecule has 1 fully saturated rings. The fourth-order valence-electron chi connectivity index (χ4n) is 4.18. The van der Waals surface area contributed by atoms with Gasteiger partial charge in [0.1, 0.15) is 11.3 Å². The summed E-state index contributed by atoms with van der Waals surface area (Å²) in [5.74, 6) is -0.344. The molecule has 0 unspecified atom stereocenters. The number of hydrogen-bond donors (Lipinski definition) is 5. The molecule has 6 N–H and O–H groups in total. The molecule has 208 valence electrons. The number of amides is 3. The highest BCUT2D eigenvalue weighted by Crippen LogP contribution is 2.33. The van der Waals surface area contributed by atoms with Crippen molar-refractivity contribution in [2.45, 2.75) is 77.4 Å². The van der Waals surface area contributed by atoms with E-state index in [1.807, 2.05) is 45.0 Å². The summed E-state index contributed by atoms with van der Waals surface area (Å²) >= 11 is 0. The van der Waals surface area contributed by atoms with Crippen molar-refractivity contribution in [2.24, 2.45) is 17.6 Å². The van der Waals surface area contributed by atoms with E-state index in [9.17, 15) is 19.5 Å². The SMILES string of the molecule is Cc1ccc(OCCCCOC[C@@H](NC(=O)CNC(=O)N[C@@](C)(C[C@H]2C[C@H](N)C2)C(=O)O)C(C)C)cc1. The van der Waals surface area contributed by atoms with Gasteiger partial charge < -0.3 is 36.3 Å². The van der Waals surface area contributed by atoms with Crippen molar-refractivity contribution in [3.8, 4) is 5.75 Å². The molecule has 2 rings (SSSR count). The van der Waals surface area contributed by atoms with Crippen molar-refractivity contribution in [2.75, 3.05) is 26.4 Å². The van der Waals surface area contributed by atoms with Gasteiger partial charge in [0.15, 0.2) is 0 Å². The molecule has 1 aliphatic rings. The van der Waals surface area contributed by atoms with Crippen LogP contribution in [-0.4, -0.2) is 67.0 Å². The Morgan fingerprint density at radius 1 is 1.14 bits per heavy atom. The van der Waals surface area contributed by atoms with E-state index in [1.54, 1.807) is 0 Å². The number of benzene rings is 1. The third-order valence-corrected chi connectivity index (χ3v) is 6.66. The Kier molecular flexibility index (Phi) is 12.1. The molecule has 0 aliphatic heterocycles. The van der Waals surface area contributed by atoms with E-state index in [2.05, 4.69) is 16.0 Å². The topological polar surface area (TPSA) is 152 Å². The molecule has 1 aliphatic carbocycles. The fraction of sp³-hybridized carbons (Fsp3) is 0.667. The maximum Gasteiger partial charge on any atom is 0.329 e. The highest BCUT2D eigenvalue weighted by atomic mass is 16.5. The maximum absolute atomic E-state index is 12.4. The number of carbonyl (C=O) groups is 3. The van der Waals surface area contributed by atoms with Gasteiger partial charge in [-0.3, -0.25) is 4.79 Å². The van der Waals surface area contributed by atoms with Gasteiger partial charge in [0.2, 0.25) is 5.91 Å². The van der Waals surface area contributed by atoms with Crippen LogP contribution in [-0.2, 0) is 14.3 Å². The number of carboxylic acid groups (broad SMARTS) is 1. The fourth-order valence-corrected chi connectivity index (χ4v) is 4.18. The zero-order valence-corrected chi connectivity index (χ0v) is 22.5. The standard InChI is InChI=1S/C27H44N4O6/c1-18(2)23(17-36-11-5-6-12-37-22-9-7-19(3)8-10-22)30-24(32)16-29-26(35)31-27(4,25(33)34)15-20-13-21(28)14-20/h7-10,18,20-21,23H,5-6,11-17,28H2,1-4H3,(H,30,32)(H,33,34)(H2,29,31,35)/t20-,21-,23-,27+/m1/s1. The van der Waals surface area contributed by atoms with E-state index in [4.69, 9.17) is 15.2 Å². The number of aliphatic carboxylic acids is 1. The zero-order valence-electron chi connectivity index (χ0n) is 22.5. The molecular weight excluding hydrogens is 476 g/mol. The van der Waals surface area contributed by atoms with E-state index < -0.39 is 17.5 Å². The number of rotatable bonds is 16. The van der Waals surface area contributed by atoms with E-state index >= 15 is 0 Å². The van der Waals surface area contributed by atoms with Crippen molar-refractivity contribution in [3.05, 3.63) is 29.8 Å². The Morgan fingerprint density at radius 3 is 2.38 bits per heavy atom. The predicted octanol–water partition coefficient (Wildman–Crippen LogP) is 2.58. The molecule has 0 radical (unpaired) electrons. The number of urea groups is 1.